The lowest BCUT2D eigenvalue weighted by atomic mass is 10.1. The van der Waals surface area contributed by atoms with Crippen molar-refractivity contribution < 1.29 is 4.79 Å². The molecule has 1 aromatic rings. The lowest BCUT2D eigenvalue weighted by molar-refractivity contribution is 0.103. The van der Waals surface area contributed by atoms with Gasteiger partial charge in [-0.1, -0.05) is 55.4 Å². The Morgan fingerprint density at radius 2 is 2.00 bits per heavy atom. The van der Waals surface area contributed by atoms with E-state index in [0.29, 0.717) is 5.56 Å². The summed E-state index contributed by atoms with van der Waals surface area (Å²) >= 11 is 0. The Morgan fingerprint density at radius 1 is 1.38 bits per heavy atom. The largest absolute Gasteiger partial charge is 0.289 e. The number of carbonyl (C=O) groups is 1. The third kappa shape index (κ3) is 3.26. The van der Waals surface area contributed by atoms with Gasteiger partial charge in [-0.15, -0.1) is 0 Å². The summed E-state index contributed by atoms with van der Waals surface area (Å²) in [6.07, 6.45) is 1.66. The molecular formula is C12H13N3O. The average molecular weight is 215 g/mol. The van der Waals surface area contributed by atoms with Crippen LogP contribution in [-0.4, -0.2) is 5.78 Å². The quantitative estimate of drug-likeness (QED) is 0.248. The smallest absolute Gasteiger partial charge is 0.195 e. The number of benzene rings is 1. The first-order chi connectivity index (χ1) is 7.65. The van der Waals surface area contributed by atoms with Gasteiger partial charge in [-0.05, 0) is 11.4 Å². The highest BCUT2D eigenvalue weighted by atomic mass is 16.1. The lowest BCUT2D eigenvalue weighted by Crippen LogP contribution is -2.02. The van der Waals surface area contributed by atoms with E-state index >= 15 is 0 Å². The maximum absolute atomic E-state index is 11.9. The van der Waals surface area contributed by atoms with Crippen molar-refractivity contribution in [2.24, 2.45) is 11.0 Å². The molecule has 0 N–H and O–H groups in total. The van der Waals surface area contributed by atoms with Gasteiger partial charge in [0.1, 0.15) is 0 Å². The van der Waals surface area contributed by atoms with Crippen molar-refractivity contribution in [2.75, 3.05) is 0 Å². The van der Waals surface area contributed by atoms with Crippen LogP contribution in [0.4, 0.5) is 0 Å². The molecule has 4 heteroatoms. The van der Waals surface area contributed by atoms with Crippen LogP contribution in [-0.2, 0) is 0 Å². The molecule has 0 radical (unpaired) electrons. The fraction of sp³-hybridized carbons (Fsp3) is 0.250. The minimum absolute atomic E-state index is 0.156. The number of ketones is 1. The monoisotopic (exact) mass is 215 g/mol. The maximum atomic E-state index is 11.9. The van der Waals surface area contributed by atoms with E-state index in [1.165, 1.54) is 0 Å². The van der Waals surface area contributed by atoms with Crippen molar-refractivity contribution in [3.8, 4) is 0 Å². The molecule has 0 saturated carbocycles. The predicted octanol–water partition coefficient (Wildman–Crippen LogP) is 3.72. The first-order valence-electron chi connectivity index (χ1n) is 5.02. The molecule has 1 rings (SSSR count). The molecular weight excluding hydrogens is 202 g/mol. The molecule has 82 valence electrons. The van der Waals surface area contributed by atoms with Crippen molar-refractivity contribution in [2.45, 2.75) is 13.8 Å². The van der Waals surface area contributed by atoms with Crippen molar-refractivity contribution in [1.29, 1.82) is 0 Å². The third-order valence-corrected chi connectivity index (χ3v) is 1.91. The summed E-state index contributed by atoms with van der Waals surface area (Å²) in [6, 6.07) is 8.77. The predicted molar refractivity (Wildman–Crippen MR) is 62.8 cm³/mol. The van der Waals surface area contributed by atoms with Gasteiger partial charge in [0.25, 0.3) is 0 Å². The molecule has 0 aliphatic rings. The second-order valence-electron chi connectivity index (χ2n) is 3.68. The summed E-state index contributed by atoms with van der Waals surface area (Å²) in [5.41, 5.74) is 9.10. The molecule has 0 aromatic heterocycles. The minimum Gasteiger partial charge on any atom is -0.289 e. The second-order valence-corrected chi connectivity index (χ2v) is 3.68. The molecule has 0 spiro atoms. The first-order valence-corrected chi connectivity index (χ1v) is 5.02. The summed E-state index contributed by atoms with van der Waals surface area (Å²) < 4.78 is 0. The zero-order valence-electron chi connectivity index (χ0n) is 9.29. The number of azide groups is 1. The molecule has 0 saturated heterocycles. The summed E-state index contributed by atoms with van der Waals surface area (Å²) in [7, 11) is 0. The van der Waals surface area contributed by atoms with E-state index in [9.17, 15) is 4.79 Å². The van der Waals surface area contributed by atoms with Crippen LogP contribution in [0.3, 0.4) is 0 Å². The molecule has 0 heterocycles. The molecule has 0 unspecified atom stereocenters. The van der Waals surface area contributed by atoms with E-state index < -0.39 is 0 Å². The van der Waals surface area contributed by atoms with Gasteiger partial charge in [0.05, 0.1) is 5.70 Å². The average Bonchev–Trinajstić information content (AvgIpc) is 2.28. The van der Waals surface area contributed by atoms with E-state index in [4.69, 9.17) is 5.53 Å². The Morgan fingerprint density at radius 3 is 2.50 bits per heavy atom. The Bertz CT molecular complexity index is 443. The molecule has 0 aliphatic heterocycles. The number of carbonyl (C=O) groups excluding carboxylic acids is 1. The number of hydrogen-bond acceptors (Lipinski definition) is 2. The van der Waals surface area contributed by atoms with E-state index in [-0.39, 0.29) is 17.4 Å². The molecule has 16 heavy (non-hydrogen) atoms. The normalized spacial score (nSPS) is 11.1. The van der Waals surface area contributed by atoms with Gasteiger partial charge in [-0.25, -0.2) is 0 Å². The van der Waals surface area contributed by atoms with E-state index in [1.807, 2.05) is 19.9 Å². The lowest BCUT2D eigenvalue weighted by Gasteiger charge is -2.02. The molecule has 0 amide bonds. The Labute approximate surface area is 94.2 Å². The molecule has 0 atom stereocenters. The first kappa shape index (κ1) is 12.0. The fourth-order valence-corrected chi connectivity index (χ4v) is 1.26. The van der Waals surface area contributed by atoms with Gasteiger partial charge in [-0.3, -0.25) is 4.79 Å². The third-order valence-electron chi connectivity index (χ3n) is 1.91. The van der Waals surface area contributed by atoms with Crippen LogP contribution in [0.5, 0.6) is 0 Å². The topological polar surface area (TPSA) is 65.8 Å². The second kappa shape index (κ2) is 5.73. The fourth-order valence-electron chi connectivity index (χ4n) is 1.26. The number of hydrogen-bond donors (Lipinski definition) is 0. The zero-order valence-corrected chi connectivity index (χ0v) is 9.29. The molecule has 0 bridgehead atoms. The van der Waals surface area contributed by atoms with Crippen molar-refractivity contribution in [3.63, 3.8) is 0 Å². The zero-order chi connectivity index (χ0) is 12.0. The van der Waals surface area contributed by atoms with Gasteiger partial charge >= 0.3 is 0 Å². The van der Waals surface area contributed by atoms with Crippen LogP contribution in [0.25, 0.3) is 10.4 Å². The van der Waals surface area contributed by atoms with Crippen LogP contribution in [0.2, 0.25) is 0 Å². The molecule has 0 fully saturated rings. The van der Waals surface area contributed by atoms with Gasteiger partial charge < -0.3 is 0 Å². The molecule has 1 aromatic carbocycles. The standard InChI is InChI=1S/C12H13N3O/c1-9(2)8-11(14-15-13)12(16)10-6-4-3-5-7-10/h3-9H,1-2H3. The minimum atomic E-state index is -0.243. The molecule has 0 aliphatic carbocycles. The van der Waals surface area contributed by atoms with Gasteiger partial charge in [0, 0.05) is 10.5 Å². The SMILES string of the molecule is CC(C)C=C(N=[N+]=[N-])C(=O)c1ccccc1. The summed E-state index contributed by atoms with van der Waals surface area (Å²) in [4.78, 5) is 14.6. The maximum Gasteiger partial charge on any atom is 0.195 e. The highest BCUT2D eigenvalue weighted by Gasteiger charge is 2.10. The van der Waals surface area contributed by atoms with Crippen LogP contribution < -0.4 is 0 Å². The highest BCUT2D eigenvalue weighted by molar-refractivity contribution is 6.08. The van der Waals surface area contributed by atoms with Crippen LogP contribution in [0.1, 0.15) is 24.2 Å². The Hall–Kier alpha value is -2.06. The van der Waals surface area contributed by atoms with Crippen LogP contribution in [0.15, 0.2) is 47.2 Å². The Balaban J connectivity index is 3.06. The highest BCUT2D eigenvalue weighted by Crippen LogP contribution is 2.12. The van der Waals surface area contributed by atoms with Crippen LogP contribution >= 0.6 is 0 Å². The van der Waals surface area contributed by atoms with E-state index in [1.54, 1.807) is 30.3 Å². The van der Waals surface area contributed by atoms with Crippen molar-refractivity contribution >= 4 is 5.78 Å². The number of nitrogens with zero attached hydrogens (tertiary/aromatic N) is 3. The number of allylic oxidation sites excluding steroid dienone is 2. The Kier molecular flexibility index (Phi) is 4.30. The summed E-state index contributed by atoms with van der Waals surface area (Å²) in [6.45, 7) is 3.84. The number of Topliss-reactive ketones (excluding diaryl/α,β-unsaturated/α-hetero) is 1. The summed E-state index contributed by atoms with van der Waals surface area (Å²) in [5.74, 6) is -0.0831. The summed E-state index contributed by atoms with van der Waals surface area (Å²) in [5, 5.41) is 3.43. The van der Waals surface area contributed by atoms with E-state index in [2.05, 4.69) is 10.0 Å². The van der Waals surface area contributed by atoms with Crippen LogP contribution in [0, 0.1) is 5.92 Å². The number of rotatable bonds is 4. The van der Waals surface area contributed by atoms with Crippen molar-refractivity contribution in [1.82, 2.24) is 0 Å². The van der Waals surface area contributed by atoms with E-state index in [0.717, 1.165) is 0 Å². The van der Waals surface area contributed by atoms with Gasteiger partial charge in [-0.2, -0.15) is 0 Å². The molecule has 4 nitrogen and oxygen atoms in total. The van der Waals surface area contributed by atoms with Gasteiger partial charge in [0.15, 0.2) is 5.78 Å². The van der Waals surface area contributed by atoms with Gasteiger partial charge in [0.2, 0.25) is 0 Å². The van der Waals surface area contributed by atoms with Crippen molar-refractivity contribution in [3.05, 3.63) is 58.1 Å².